The van der Waals surface area contributed by atoms with Crippen molar-refractivity contribution < 1.29 is 17.9 Å². The normalized spacial score (nSPS) is 11.4. The van der Waals surface area contributed by atoms with Crippen molar-refractivity contribution in [3.05, 3.63) is 87.4 Å². The lowest BCUT2D eigenvalue weighted by Crippen LogP contribution is -2.17. The minimum absolute atomic E-state index is 0.114. The SMILES string of the molecule is CCOc1cc(CNCCc2ccc(S(N)(=O)=O)cc2)ccc1OCc1ccc(Cl)cc1Cl. The summed E-state index contributed by atoms with van der Waals surface area (Å²) in [5.74, 6) is 1.31. The van der Waals surface area contributed by atoms with Gasteiger partial charge in [0.1, 0.15) is 6.61 Å². The van der Waals surface area contributed by atoms with E-state index in [1.165, 1.54) is 12.1 Å². The number of nitrogens with one attached hydrogen (secondary N) is 1. The molecule has 0 radical (unpaired) electrons. The van der Waals surface area contributed by atoms with Crippen LogP contribution in [-0.2, 0) is 29.6 Å². The van der Waals surface area contributed by atoms with E-state index in [9.17, 15) is 8.42 Å². The van der Waals surface area contributed by atoms with Crippen LogP contribution >= 0.6 is 23.2 Å². The van der Waals surface area contributed by atoms with E-state index < -0.39 is 10.0 Å². The Balaban J connectivity index is 1.55. The molecule has 0 spiro atoms. The van der Waals surface area contributed by atoms with E-state index in [-0.39, 0.29) is 4.90 Å². The fourth-order valence-corrected chi connectivity index (χ4v) is 4.13. The number of primary sulfonamides is 1. The van der Waals surface area contributed by atoms with Crippen LogP contribution in [-0.4, -0.2) is 21.6 Å². The summed E-state index contributed by atoms with van der Waals surface area (Å²) in [6.45, 7) is 4.12. The highest BCUT2D eigenvalue weighted by atomic mass is 35.5. The van der Waals surface area contributed by atoms with Gasteiger partial charge in [0, 0.05) is 22.2 Å². The molecule has 0 fully saturated rings. The second-order valence-electron chi connectivity index (χ2n) is 7.35. The molecule has 176 valence electrons. The predicted octanol–water partition coefficient (Wildman–Crippen LogP) is 4.95. The maximum atomic E-state index is 11.3. The molecule has 3 rings (SSSR count). The summed E-state index contributed by atoms with van der Waals surface area (Å²) in [7, 11) is -3.67. The van der Waals surface area contributed by atoms with Crippen molar-refractivity contribution in [2.45, 2.75) is 31.4 Å². The number of sulfonamides is 1. The highest BCUT2D eigenvalue weighted by molar-refractivity contribution is 7.89. The lowest BCUT2D eigenvalue weighted by Gasteiger charge is -2.14. The number of hydrogen-bond acceptors (Lipinski definition) is 5. The van der Waals surface area contributed by atoms with Gasteiger partial charge in [-0.25, -0.2) is 13.6 Å². The zero-order valence-electron chi connectivity index (χ0n) is 18.2. The maximum Gasteiger partial charge on any atom is 0.238 e. The van der Waals surface area contributed by atoms with E-state index in [2.05, 4.69) is 5.32 Å². The monoisotopic (exact) mass is 508 g/mol. The Morgan fingerprint density at radius 2 is 1.64 bits per heavy atom. The van der Waals surface area contributed by atoms with Crippen LogP contribution in [0, 0.1) is 0 Å². The van der Waals surface area contributed by atoms with E-state index in [1.54, 1.807) is 24.3 Å². The first-order chi connectivity index (χ1) is 15.8. The molecular weight excluding hydrogens is 483 g/mol. The summed E-state index contributed by atoms with van der Waals surface area (Å²) < 4.78 is 34.4. The average Bonchev–Trinajstić information content (AvgIpc) is 2.77. The number of rotatable bonds is 11. The molecule has 3 aromatic rings. The molecule has 0 amide bonds. The van der Waals surface area contributed by atoms with Gasteiger partial charge in [-0.3, -0.25) is 0 Å². The Hall–Kier alpha value is -2.29. The molecule has 3 N–H and O–H groups in total. The van der Waals surface area contributed by atoms with Crippen LogP contribution in [0.3, 0.4) is 0 Å². The quantitative estimate of drug-likeness (QED) is 0.357. The van der Waals surface area contributed by atoms with Crippen LogP contribution in [0.5, 0.6) is 11.5 Å². The van der Waals surface area contributed by atoms with Gasteiger partial charge < -0.3 is 14.8 Å². The van der Waals surface area contributed by atoms with Crippen LogP contribution in [0.4, 0.5) is 0 Å². The average molecular weight is 509 g/mol. The van der Waals surface area contributed by atoms with Crippen molar-refractivity contribution in [3.63, 3.8) is 0 Å². The second kappa shape index (κ2) is 11.7. The van der Waals surface area contributed by atoms with Crippen molar-refractivity contribution in [2.75, 3.05) is 13.2 Å². The fraction of sp³-hybridized carbons (Fsp3) is 0.250. The van der Waals surface area contributed by atoms with Crippen molar-refractivity contribution >= 4 is 33.2 Å². The van der Waals surface area contributed by atoms with Gasteiger partial charge in [-0.2, -0.15) is 0 Å². The number of hydrogen-bond donors (Lipinski definition) is 2. The summed E-state index contributed by atoms with van der Waals surface area (Å²) in [6.07, 6.45) is 0.756. The molecule has 0 aliphatic carbocycles. The molecule has 9 heteroatoms. The van der Waals surface area contributed by atoms with Crippen molar-refractivity contribution in [3.8, 4) is 11.5 Å². The van der Waals surface area contributed by atoms with E-state index in [0.717, 1.165) is 29.7 Å². The summed E-state index contributed by atoms with van der Waals surface area (Å²) in [6, 6.07) is 17.7. The van der Waals surface area contributed by atoms with Crippen LogP contribution in [0.1, 0.15) is 23.6 Å². The molecule has 3 aromatic carbocycles. The minimum Gasteiger partial charge on any atom is -0.490 e. The van der Waals surface area contributed by atoms with Crippen LogP contribution in [0.15, 0.2) is 65.6 Å². The molecule has 0 unspecified atom stereocenters. The third kappa shape index (κ3) is 7.62. The van der Waals surface area contributed by atoms with Crippen LogP contribution in [0.2, 0.25) is 10.0 Å². The van der Waals surface area contributed by atoms with Gasteiger partial charge in [-0.05, 0) is 67.4 Å². The van der Waals surface area contributed by atoms with E-state index in [0.29, 0.717) is 41.3 Å². The lowest BCUT2D eigenvalue weighted by atomic mass is 10.1. The Bertz CT molecular complexity index is 1190. The first-order valence-corrected chi connectivity index (χ1v) is 12.7. The zero-order valence-corrected chi connectivity index (χ0v) is 20.5. The lowest BCUT2D eigenvalue weighted by molar-refractivity contribution is 0.269. The molecule has 0 aliphatic heterocycles. The first kappa shape index (κ1) is 25.3. The minimum atomic E-state index is -3.67. The van der Waals surface area contributed by atoms with Gasteiger partial charge in [-0.1, -0.05) is 47.5 Å². The third-order valence-electron chi connectivity index (χ3n) is 4.88. The standard InChI is InChI=1S/C24H26Cl2N2O4S/c1-2-31-24-13-18(5-10-23(24)32-16-19-6-7-20(25)14-22(19)26)15-28-12-11-17-3-8-21(9-4-17)33(27,29)30/h3-10,13-14,28H,2,11-12,15-16H2,1H3,(H2,27,29,30). The maximum absolute atomic E-state index is 11.3. The Kier molecular flexibility index (Phi) is 9.00. The number of benzene rings is 3. The second-order valence-corrected chi connectivity index (χ2v) is 9.76. The highest BCUT2D eigenvalue weighted by Gasteiger charge is 2.10. The van der Waals surface area contributed by atoms with Crippen molar-refractivity contribution in [2.24, 2.45) is 5.14 Å². The molecule has 33 heavy (non-hydrogen) atoms. The van der Waals surface area contributed by atoms with Gasteiger partial charge in [0.05, 0.1) is 11.5 Å². The van der Waals surface area contributed by atoms with E-state index in [1.807, 2.05) is 31.2 Å². The topological polar surface area (TPSA) is 90.6 Å². The Labute approximate surface area is 204 Å². The van der Waals surface area contributed by atoms with Crippen molar-refractivity contribution in [1.29, 1.82) is 0 Å². The largest absolute Gasteiger partial charge is 0.490 e. The number of ether oxygens (including phenoxy) is 2. The number of halogens is 2. The van der Waals surface area contributed by atoms with Crippen molar-refractivity contribution in [1.82, 2.24) is 5.32 Å². The van der Waals surface area contributed by atoms with Gasteiger partial charge in [0.25, 0.3) is 0 Å². The Morgan fingerprint density at radius 1 is 0.909 bits per heavy atom. The van der Waals surface area contributed by atoms with Gasteiger partial charge in [0.15, 0.2) is 11.5 Å². The molecule has 0 heterocycles. The molecule has 0 saturated carbocycles. The van der Waals surface area contributed by atoms with E-state index in [4.69, 9.17) is 37.8 Å². The first-order valence-electron chi connectivity index (χ1n) is 10.4. The fourth-order valence-electron chi connectivity index (χ4n) is 3.16. The summed E-state index contributed by atoms with van der Waals surface area (Å²) in [4.78, 5) is 0.114. The van der Waals surface area contributed by atoms with Crippen LogP contribution < -0.4 is 19.9 Å². The molecule has 0 aromatic heterocycles. The summed E-state index contributed by atoms with van der Waals surface area (Å²) in [5.41, 5.74) is 2.92. The van der Waals surface area contributed by atoms with E-state index >= 15 is 0 Å². The Morgan fingerprint density at radius 3 is 2.30 bits per heavy atom. The molecule has 0 aliphatic rings. The molecule has 0 bridgehead atoms. The zero-order chi connectivity index (χ0) is 23.8. The smallest absolute Gasteiger partial charge is 0.238 e. The molecule has 6 nitrogen and oxygen atoms in total. The molecule has 0 atom stereocenters. The highest BCUT2D eigenvalue weighted by Crippen LogP contribution is 2.30. The molecular formula is C24H26Cl2N2O4S. The predicted molar refractivity (Wildman–Crippen MR) is 132 cm³/mol. The number of nitrogens with two attached hydrogens (primary N) is 1. The molecule has 0 saturated heterocycles. The van der Waals surface area contributed by atoms with Gasteiger partial charge >= 0.3 is 0 Å². The van der Waals surface area contributed by atoms with Gasteiger partial charge in [0.2, 0.25) is 10.0 Å². The third-order valence-corrected chi connectivity index (χ3v) is 6.39. The van der Waals surface area contributed by atoms with Crippen LogP contribution in [0.25, 0.3) is 0 Å². The summed E-state index contributed by atoms with van der Waals surface area (Å²) >= 11 is 12.2. The van der Waals surface area contributed by atoms with Gasteiger partial charge in [-0.15, -0.1) is 0 Å². The summed E-state index contributed by atoms with van der Waals surface area (Å²) in [5, 5.41) is 9.65.